The Hall–Kier alpha value is -2.66. The van der Waals surface area contributed by atoms with E-state index in [9.17, 15) is 4.39 Å². The number of rotatable bonds is 5. The highest BCUT2D eigenvalue weighted by molar-refractivity contribution is 7.99. The van der Waals surface area contributed by atoms with Crippen molar-refractivity contribution in [2.24, 2.45) is 0 Å². The maximum Gasteiger partial charge on any atom is 0.197 e. The van der Waals surface area contributed by atoms with Crippen molar-refractivity contribution >= 4 is 11.8 Å². The molecule has 0 spiro atoms. The first kappa shape index (κ1) is 19.6. The SMILES string of the molecule is Fc1cccc(-c2nnc(SCC#CCN3CCOCC3)n2-c2ccccc2)c1. The second kappa shape index (κ2) is 9.70. The van der Waals surface area contributed by atoms with Crippen molar-refractivity contribution in [2.75, 3.05) is 38.6 Å². The van der Waals surface area contributed by atoms with Crippen molar-refractivity contribution in [2.45, 2.75) is 5.16 Å². The number of aromatic nitrogens is 3. The number of ether oxygens (including phenoxy) is 1. The minimum absolute atomic E-state index is 0.298. The van der Waals surface area contributed by atoms with Crippen molar-refractivity contribution < 1.29 is 9.13 Å². The molecule has 2 aromatic carbocycles. The van der Waals surface area contributed by atoms with Crippen LogP contribution in [0.4, 0.5) is 4.39 Å². The van der Waals surface area contributed by atoms with Gasteiger partial charge in [0.25, 0.3) is 0 Å². The Balaban J connectivity index is 1.53. The molecular weight excluding hydrogens is 387 g/mol. The minimum Gasteiger partial charge on any atom is -0.379 e. The van der Waals surface area contributed by atoms with Gasteiger partial charge in [0.1, 0.15) is 5.82 Å². The molecule has 0 atom stereocenters. The van der Waals surface area contributed by atoms with Crippen LogP contribution in [-0.2, 0) is 4.74 Å². The molecule has 29 heavy (non-hydrogen) atoms. The van der Waals surface area contributed by atoms with Gasteiger partial charge in [-0.05, 0) is 24.3 Å². The summed E-state index contributed by atoms with van der Waals surface area (Å²) >= 11 is 1.53. The molecule has 1 aromatic heterocycles. The van der Waals surface area contributed by atoms with E-state index in [0.29, 0.717) is 17.1 Å². The molecule has 1 fully saturated rings. The number of morpholine rings is 1. The van der Waals surface area contributed by atoms with Gasteiger partial charge in [-0.2, -0.15) is 0 Å². The Morgan fingerprint density at radius 3 is 2.62 bits per heavy atom. The molecule has 0 bridgehead atoms. The summed E-state index contributed by atoms with van der Waals surface area (Å²) in [7, 11) is 0. The van der Waals surface area contributed by atoms with Gasteiger partial charge in [0.2, 0.25) is 0 Å². The number of halogens is 1. The molecule has 1 aliphatic heterocycles. The van der Waals surface area contributed by atoms with Gasteiger partial charge in [-0.25, -0.2) is 4.39 Å². The zero-order valence-electron chi connectivity index (χ0n) is 15.9. The number of benzene rings is 2. The largest absolute Gasteiger partial charge is 0.379 e. The third-order valence-corrected chi connectivity index (χ3v) is 5.35. The van der Waals surface area contributed by atoms with Gasteiger partial charge < -0.3 is 4.74 Å². The number of hydrogen-bond acceptors (Lipinski definition) is 5. The average molecular weight is 409 g/mol. The summed E-state index contributed by atoms with van der Waals surface area (Å²) in [5, 5.41) is 9.41. The fraction of sp³-hybridized carbons (Fsp3) is 0.273. The van der Waals surface area contributed by atoms with Crippen molar-refractivity contribution in [3.05, 3.63) is 60.4 Å². The van der Waals surface area contributed by atoms with Crippen molar-refractivity contribution in [3.8, 4) is 28.9 Å². The highest BCUT2D eigenvalue weighted by Gasteiger charge is 2.16. The zero-order chi connectivity index (χ0) is 19.9. The van der Waals surface area contributed by atoms with Crippen LogP contribution in [0, 0.1) is 17.7 Å². The highest BCUT2D eigenvalue weighted by atomic mass is 32.2. The molecule has 0 N–H and O–H groups in total. The van der Waals surface area contributed by atoms with Crippen molar-refractivity contribution in [1.29, 1.82) is 0 Å². The Morgan fingerprint density at radius 2 is 1.83 bits per heavy atom. The van der Waals surface area contributed by atoms with Gasteiger partial charge >= 0.3 is 0 Å². The fourth-order valence-electron chi connectivity index (χ4n) is 3.07. The lowest BCUT2D eigenvalue weighted by Gasteiger charge is -2.24. The van der Waals surface area contributed by atoms with Crippen LogP contribution in [0.25, 0.3) is 17.1 Å². The summed E-state index contributed by atoms with van der Waals surface area (Å²) < 4.78 is 21.0. The number of thioether (sulfide) groups is 1. The van der Waals surface area contributed by atoms with Crippen LogP contribution in [0.1, 0.15) is 0 Å². The van der Waals surface area contributed by atoms with Gasteiger partial charge in [0, 0.05) is 24.3 Å². The van der Waals surface area contributed by atoms with Crippen LogP contribution >= 0.6 is 11.8 Å². The average Bonchev–Trinajstić information content (AvgIpc) is 3.19. The Morgan fingerprint density at radius 1 is 1.00 bits per heavy atom. The van der Waals surface area contributed by atoms with E-state index in [-0.39, 0.29) is 5.82 Å². The second-order valence-electron chi connectivity index (χ2n) is 6.52. The molecule has 7 heteroatoms. The van der Waals surface area contributed by atoms with E-state index in [1.807, 2.05) is 41.0 Å². The molecule has 5 nitrogen and oxygen atoms in total. The lowest BCUT2D eigenvalue weighted by atomic mass is 10.2. The molecule has 2 heterocycles. The van der Waals surface area contributed by atoms with Gasteiger partial charge in [-0.1, -0.05) is 53.9 Å². The van der Waals surface area contributed by atoms with E-state index in [4.69, 9.17) is 4.74 Å². The summed E-state index contributed by atoms with van der Waals surface area (Å²) in [6, 6.07) is 16.3. The van der Waals surface area contributed by atoms with E-state index >= 15 is 0 Å². The molecule has 148 valence electrons. The maximum absolute atomic E-state index is 13.7. The quantitative estimate of drug-likeness (QED) is 0.478. The number of nitrogens with zero attached hydrogens (tertiary/aromatic N) is 4. The second-order valence-corrected chi connectivity index (χ2v) is 7.46. The molecule has 0 unspecified atom stereocenters. The molecule has 0 saturated carbocycles. The van der Waals surface area contributed by atoms with Crippen LogP contribution < -0.4 is 0 Å². The predicted octanol–water partition coefficient (Wildman–Crippen LogP) is 3.50. The van der Waals surface area contributed by atoms with Gasteiger partial charge in [-0.3, -0.25) is 9.47 Å². The minimum atomic E-state index is -0.298. The topological polar surface area (TPSA) is 43.2 Å². The predicted molar refractivity (Wildman–Crippen MR) is 113 cm³/mol. The fourth-order valence-corrected chi connectivity index (χ4v) is 3.79. The summed E-state index contributed by atoms with van der Waals surface area (Å²) in [5.74, 6) is 7.35. The van der Waals surface area contributed by atoms with Crippen LogP contribution in [0.15, 0.2) is 59.8 Å². The summed E-state index contributed by atoms with van der Waals surface area (Å²) in [5.41, 5.74) is 1.62. The standard InChI is InChI=1S/C22H21FN4OS/c23-19-8-6-7-18(17-19)21-24-25-22(27(21)20-9-2-1-3-10-20)29-16-5-4-11-26-12-14-28-15-13-26/h1-3,6-10,17H,11-16H2. The monoisotopic (exact) mass is 408 g/mol. The van der Waals surface area contributed by atoms with E-state index < -0.39 is 0 Å². The van der Waals surface area contributed by atoms with E-state index in [1.165, 1.54) is 23.9 Å². The molecule has 0 amide bonds. The molecule has 0 aliphatic carbocycles. The molecule has 3 aromatic rings. The van der Waals surface area contributed by atoms with Crippen molar-refractivity contribution in [1.82, 2.24) is 19.7 Å². The Kier molecular flexibility index (Phi) is 6.57. The van der Waals surface area contributed by atoms with Crippen LogP contribution in [-0.4, -0.2) is 58.3 Å². The van der Waals surface area contributed by atoms with E-state index in [0.717, 1.165) is 43.7 Å². The third-order valence-electron chi connectivity index (χ3n) is 4.54. The zero-order valence-corrected chi connectivity index (χ0v) is 16.7. The smallest absolute Gasteiger partial charge is 0.197 e. The lowest BCUT2D eigenvalue weighted by Crippen LogP contribution is -2.36. The van der Waals surface area contributed by atoms with Crippen LogP contribution in [0.3, 0.4) is 0 Å². The van der Waals surface area contributed by atoms with Crippen molar-refractivity contribution in [3.63, 3.8) is 0 Å². The molecule has 1 aliphatic rings. The Labute approximate surface area is 173 Å². The van der Waals surface area contributed by atoms with Gasteiger partial charge in [0.05, 0.1) is 25.5 Å². The van der Waals surface area contributed by atoms with Crippen LogP contribution in [0.2, 0.25) is 0 Å². The van der Waals surface area contributed by atoms with Crippen LogP contribution in [0.5, 0.6) is 0 Å². The summed E-state index contributed by atoms with van der Waals surface area (Å²) in [4.78, 5) is 2.29. The number of hydrogen-bond donors (Lipinski definition) is 0. The third kappa shape index (κ3) is 5.04. The van der Waals surface area contributed by atoms with E-state index in [2.05, 4.69) is 26.9 Å². The molecule has 1 saturated heterocycles. The summed E-state index contributed by atoms with van der Waals surface area (Å²) in [6.45, 7) is 4.17. The first-order valence-electron chi connectivity index (χ1n) is 9.47. The maximum atomic E-state index is 13.7. The molecule has 0 radical (unpaired) electrons. The normalized spacial score (nSPS) is 14.4. The molecular formula is C22H21FN4OS. The van der Waals surface area contributed by atoms with Gasteiger partial charge in [-0.15, -0.1) is 10.2 Å². The highest BCUT2D eigenvalue weighted by Crippen LogP contribution is 2.28. The molecule has 4 rings (SSSR count). The van der Waals surface area contributed by atoms with Gasteiger partial charge in [0.15, 0.2) is 11.0 Å². The van der Waals surface area contributed by atoms with E-state index in [1.54, 1.807) is 6.07 Å². The lowest BCUT2D eigenvalue weighted by molar-refractivity contribution is 0.0443. The summed E-state index contributed by atoms with van der Waals surface area (Å²) in [6.07, 6.45) is 0. The first-order valence-corrected chi connectivity index (χ1v) is 10.5. The Bertz CT molecular complexity index is 1010. The first-order chi connectivity index (χ1) is 14.3. The number of para-hydroxylation sites is 1.